The van der Waals surface area contributed by atoms with Crippen LogP contribution < -0.4 is 0 Å². The van der Waals surface area contributed by atoms with E-state index in [9.17, 15) is 0 Å². The van der Waals surface area contributed by atoms with Gasteiger partial charge in [0.25, 0.3) is 0 Å². The fourth-order valence-electron chi connectivity index (χ4n) is 2.19. The Balaban J connectivity index is 0.000000461. The molecule has 2 rings (SSSR count). The molecule has 0 bridgehead atoms. The van der Waals surface area contributed by atoms with Gasteiger partial charge in [0.1, 0.15) is 0 Å². The summed E-state index contributed by atoms with van der Waals surface area (Å²) >= 11 is 0. The number of rotatable bonds is 1. The highest BCUT2D eigenvalue weighted by Gasteiger charge is 2.10. The van der Waals surface area contributed by atoms with Crippen LogP contribution in [0.1, 0.15) is 50.3 Å². The van der Waals surface area contributed by atoms with Gasteiger partial charge >= 0.3 is 0 Å². The van der Waals surface area contributed by atoms with Crippen LogP contribution in [0.2, 0.25) is 0 Å². The smallest absolute Gasteiger partial charge is 0.0273 e. The van der Waals surface area contributed by atoms with Gasteiger partial charge in [-0.3, -0.25) is 0 Å². The number of hydrogen-bond acceptors (Lipinski definition) is 0. The fourth-order valence-corrected chi connectivity index (χ4v) is 2.19. The zero-order chi connectivity index (χ0) is 10.4. The molecule has 78 valence electrons. The molecule has 0 amide bonds. The van der Waals surface area contributed by atoms with Crippen molar-refractivity contribution in [2.45, 2.75) is 52.9 Å². The normalized spacial score (nSPS) is 13.9. The van der Waals surface area contributed by atoms with E-state index in [1.165, 1.54) is 32.1 Å². The fraction of sp³-hybridized carbons (Fsp3) is 0.571. The molecule has 0 N–H and O–H groups in total. The van der Waals surface area contributed by atoms with Crippen molar-refractivity contribution in [2.75, 3.05) is 0 Å². The van der Waals surface area contributed by atoms with Crippen LogP contribution >= 0.6 is 0 Å². The van der Waals surface area contributed by atoms with Gasteiger partial charge in [-0.05, 0) is 48.8 Å². The highest BCUT2D eigenvalue weighted by Crippen LogP contribution is 2.24. The maximum Gasteiger partial charge on any atom is -0.0273 e. The van der Waals surface area contributed by atoms with Gasteiger partial charge in [-0.25, -0.2) is 0 Å². The van der Waals surface area contributed by atoms with E-state index in [-0.39, 0.29) is 0 Å². The summed E-state index contributed by atoms with van der Waals surface area (Å²) in [5.74, 6) is 0. The minimum atomic E-state index is 1.20. The molecule has 0 aliphatic heterocycles. The second-order valence-electron chi connectivity index (χ2n) is 3.62. The topological polar surface area (TPSA) is 0 Å². The maximum atomic E-state index is 2.30. The van der Waals surface area contributed by atoms with Crippen LogP contribution in [0.5, 0.6) is 0 Å². The minimum absolute atomic E-state index is 1.20. The summed E-state index contributed by atoms with van der Waals surface area (Å²) in [6.07, 6.45) is 6.61. The van der Waals surface area contributed by atoms with Crippen molar-refractivity contribution in [2.24, 2.45) is 0 Å². The molecule has 1 aromatic carbocycles. The first-order valence-corrected chi connectivity index (χ1v) is 6.01. The Labute approximate surface area is 88.4 Å². The molecule has 1 aromatic rings. The van der Waals surface area contributed by atoms with Gasteiger partial charge in [0, 0.05) is 0 Å². The number of benzene rings is 1. The third-order valence-corrected chi connectivity index (χ3v) is 2.87. The molecule has 1 aliphatic carbocycles. The molecule has 0 radical (unpaired) electrons. The van der Waals surface area contributed by atoms with Gasteiger partial charge in [-0.1, -0.05) is 39.0 Å². The first-order valence-electron chi connectivity index (χ1n) is 6.01. The monoisotopic (exact) mass is 190 g/mol. The molecule has 14 heavy (non-hydrogen) atoms. The van der Waals surface area contributed by atoms with Crippen LogP contribution in [0.25, 0.3) is 0 Å². The third-order valence-electron chi connectivity index (χ3n) is 2.87. The van der Waals surface area contributed by atoms with E-state index in [4.69, 9.17) is 0 Å². The van der Waals surface area contributed by atoms with Crippen LogP contribution in [-0.4, -0.2) is 0 Å². The van der Waals surface area contributed by atoms with Gasteiger partial charge in [0.15, 0.2) is 0 Å². The lowest BCUT2D eigenvalue weighted by molar-refractivity contribution is 0.679. The predicted octanol–water partition coefficient (Wildman–Crippen LogP) is 4.15. The third kappa shape index (κ3) is 2.37. The summed E-state index contributed by atoms with van der Waals surface area (Å²) in [6, 6.07) is 6.79. The zero-order valence-corrected chi connectivity index (χ0v) is 9.77. The second-order valence-corrected chi connectivity index (χ2v) is 3.62. The highest BCUT2D eigenvalue weighted by atomic mass is 14.2. The molecule has 0 heterocycles. The van der Waals surface area contributed by atoms with Crippen molar-refractivity contribution in [3.8, 4) is 0 Å². The SMILES string of the molecule is CC.CCc1cccc2c1CCCC2. The van der Waals surface area contributed by atoms with Crippen LogP contribution in [0.3, 0.4) is 0 Å². The second kappa shape index (κ2) is 5.85. The molecule has 0 spiro atoms. The lowest BCUT2D eigenvalue weighted by Gasteiger charge is -2.18. The molecular formula is C14H22. The summed E-state index contributed by atoms with van der Waals surface area (Å²) in [4.78, 5) is 0. The van der Waals surface area contributed by atoms with Crippen molar-refractivity contribution in [3.05, 3.63) is 34.9 Å². The van der Waals surface area contributed by atoms with E-state index in [2.05, 4.69) is 25.1 Å². The number of hydrogen-bond donors (Lipinski definition) is 0. The average Bonchev–Trinajstić information content (AvgIpc) is 2.31. The van der Waals surface area contributed by atoms with E-state index in [1.54, 1.807) is 16.7 Å². The summed E-state index contributed by atoms with van der Waals surface area (Å²) in [5, 5.41) is 0. The molecule has 0 fully saturated rings. The van der Waals surface area contributed by atoms with Crippen molar-refractivity contribution in [3.63, 3.8) is 0 Å². The van der Waals surface area contributed by atoms with Crippen molar-refractivity contribution < 1.29 is 0 Å². The molecule has 0 saturated heterocycles. The van der Waals surface area contributed by atoms with Crippen LogP contribution in [0.4, 0.5) is 0 Å². The first-order chi connectivity index (χ1) is 6.92. The zero-order valence-electron chi connectivity index (χ0n) is 9.77. The average molecular weight is 190 g/mol. The predicted molar refractivity (Wildman–Crippen MR) is 63.8 cm³/mol. The number of fused-ring (bicyclic) bond motifs is 1. The molecule has 0 unspecified atom stereocenters. The van der Waals surface area contributed by atoms with Crippen molar-refractivity contribution in [1.29, 1.82) is 0 Å². The van der Waals surface area contributed by atoms with Crippen LogP contribution in [0.15, 0.2) is 18.2 Å². The molecular weight excluding hydrogens is 168 g/mol. The quantitative estimate of drug-likeness (QED) is 0.624. The summed E-state index contributed by atoms with van der Waals surface area (Å²) in [6.45, 7) is 6.25. The summed E-state index contributed by atoms with van der Waals surface area (Å²) in [7, 11) is 0. The Kier molecular flexibility index (Phi) is 4.72. The van der Waals surface area contributed by atoms with E-state index in [0.29, 0.717) is 0 Å². The Morgan fingerprint density at radius 1 is 1.07 bits per heavy atom. The van der Waals surface area contributed by atoms with Gasteiger partial charge in [-0.2, -0.15) is 0 Å². The van der Waals surface area contributed by atoms with Gasteiger partial charge in [-0.15, -0.1) is 0 Å². The molecule has 0 atom stereocenters. The van der Waals surface area contributed by atoms with Crippen molar-refractivity contribution >= 4 is 0 Å². The molecule has 0 aromatic heterocycles. The lowest BCUT2D eigenvalue weighted by atomic mass is 9.87. The lowest BCUT2D eigenvalue weighted by Crippen LogP contribution is -2.05. The minimum Gasteiger partial charge on any atom is -0.0683 e. The van der Waals surface area contributed by atoms with E-state index >= 15 is 0 Å². The first kappa shape index (κ1) is 11.3. The van der Waals surface area contributed by atoms with Gasteiger partial charge < -0.3 is 0 Å². The van der Waals surface area contributed by atoms with E-state index in [0.717, 1.165) is 0 Å². The van der Waals surface area contributed by atoms with E-state index < -0.39 is 0 Å². The Morgan fingerprint density at radius 2 is 1.79 bits per heavy atom. The van der Waals surface area contributed by atoms with Crippen LogP contribution in [0, 0.1) is 0 Å². The Hall–Kier alpha value is -0.780. The van der Waals surface area contributed by atoms with Gasteiger partial charge in [0.2, 0.25) is 0 Å². The maximum absolute atomic E-state index is 2.30. The number of aryl methyl sites for hydroxylation is 2. The van der Waals surface area contributed by atoms with Crippen molar-refractivity contribution in [1.82, 2.24) is 0 Å². The highest BCUT2D eigenvalue weighted by molar-refractivity contribution is 5.36. The summed E-state index contributed by atoms with van der Waals surface area (Å²) < 4.78 is 0. The molecule has 1 aliphatic rings. The summed E-state index contributed by atoms with van der Waals surface area (Å²) in [5.41, 5.74) is 4.85. The van der Waals surface area contributed by atoms with Crippen LogP contribution in [-0.2, 0) is 19.3 Å². The van der Waals surface area contributed by atoms with Gasteiger partial charge in [0.05, 0.1) is 0 Å². The Bertz CT molecular complexity index is 259. The largest absolute Gasteiger partial charge is 0.0683 e. The molecule has 0 saturated carbocycles. The molecule has 0 nitrogen and oxygen atoms in total. The molecule has 0 heteroatoms. The van der Waals surface area contributed by atoms with E-state index in [1.807, 2.05) is 13.8 Å². The standard InChI is InChI=1S/C12H16.C2H6/c1-2-10-7-5-8-11-6-3-4-9-12(10)11;1-2/h5,7-8H,2-4,6,9H2,1H3;1-2H3. The Morgan fingerprint density at radius 3 is 2.50 bits per heavy atom.